The molecule has 2 N–H and O–H groups in total. The molecular formula is C13H14N6O. The van der Waals surface area contributed by atoms with Crippen LogP contribution in [0.5, 0.6) is 0 Å². The normalized spacial score (nSPS) is 11.1. The third-order valence-electron chi connectivity index (χ3n) is 3.16. The number of aromatic nitrogens is 5. The van der Waals surface area contributed by atoms with E-state index in [0.29, 0.717) is 24.1 Å². The maximum absolute atomic E-state index is 12.3. The Balaban J connectivity index is 2.02. The van der Waals surface area contributed by atoms with E-state index in [9.17, 15) is 4.79 Å². The number of hydrogen-bond donors (Lipinski definition) is 1. The number of hydrogen-bond acceptors (Lipinski definition) is 5. The molecule has 3 rings (SSSR count). The van der Waals surface area contributed by atoms with Gasteiger partial charge in [-0.05, 0) is 17.7 Å². The van der Waals surface area contributed by atoms with Crippen LogP contribution in [0.15, 0.2) is 35.6 Å². The second kappa shape index (κ2) is 4.86. The van der Waals surface area contributed by atoms with Crippen molar-refractivity contribution >= 4 is 11.0 Å². The van der Waals surface area contributed by atoms with E-state index in [4.69, 9.17) is 5.73 Å². The van der Waals surface area contributed by atoms with Crippen LogP contribution < -0.4 is 11.3 Å². The lowest BCUT2D eigenvalue weighted by Crippen LogP contribution is -2.21. The molecular weight excluding hydrogens is 256 g/mol. The summed E-state index contributed by atoms with van der Waals surface area (Å²) in [6.45, 7) is 0.814. The van der Waals surface area contributed by atoms with Gasteiger partial charge in [0.05, 0.1) is 18.4 Å². The molecule has 3 heterocycles. The van der Waals surface area contributed by atoms with Gasteiger partial charge in [0.15, 0.2) is 5.65 Å². The summed E-state index contributed by atoms with van der Waals surface area (Å²) in [4.78, 5) is 20.7. The van der Waals surface area contributed by atoms with Gasteiger partial charge in [-0.2, -0.15) is 5.10 Å². The zero-order valence-electron chi connectivity index (χ0n) is 11.0. The van der Waals surface area contributed by atoms with Gasteiger partial charge in [0, 0.05) is 19.8 Å². The minimum atomic E-state index is -0.103. The van der Waals surface area contributed by atoms with E-state index >= 15 is 0 Å². The van der Waals surface area contributed by atoms with Crippen molar-refractivity contribution in [1.29, 1.82) is 0 Å². The molecule has 0 aliphatic carbocycles. The second-order valence-corrected chi connectivity index (χ2v) is 4.54. The highest BCUT2D eigenvalue weighted by atomic mass is 16.1. The molecule has 0 spiro atoms. The molecule has 3 aromatic heterocycles. The van der Waals surface area contributed by atoms with Gasteiger partial charge >= 0.3 is 0 Å². The van der Waals surface area contributed by atoms with Gasteiger partial charge in [-0.3, -0.25) is 19.0 Å². The van der Waals surface area contributed by atoms with E-state index < -0.39 is 0 Å². The highest BCUT2D eigenvalue weighted by Gasteiger charge is 2.08. The van der Waals surface area contributed by atoms with Crippen LogP contribution in [0, 0.1) is 0 Å². The van der Waals surface area contributed by atoms with Crippen LogP contribution in [0.25, 0.3) is 11.0 Å². The lowest BCUT2D eigenvalue weighted by Gasteiger charge is -2.06. The molecule has 0 bridgehead atoms. The highest BCUT2D eigenvalue weighted by molar-refractivity contribution is 5.72. The van der Waals surface area contributed by atoms with E-state index in [0.717, 1.165) is 11.3 Å². The molecule has 0 unspecified atom stereocenters. The molecule has 7 nitrogen and oxygen atoms in total. The van der Waals surface area contributed by atoms with Gasteiger partial charge in [-0.15, -0.1) is 0 Å². The summed E-state index contributed by atoms with van der Waals surface area (Å²) >= 11 is 0. The first kappa shape index (κ1) is 12.5. The van der Waals surface area contributed by atoms with E-state index in [2.05, 4.69) is 15.1 Å². The molecule has 20 heavy (non-hydrogen) atoms. The largest absolute Gasteiger partial charge is 0.325 e. The minimum Gasteiger partial charge on any atom is -0.325 e. The summed E-state index contributed by atoms with van der Waals surface area (Å²) in [7, 11) is 1.76. The maximum atomic E-state index is 12.3. The van der Waals surface area contributed by atoms with Crippen LogP contribution in [0.3, 0.4) is 0 Å². The van der Waals surface area contributed by atoms with Gasteiger partial charge in [-0.1, -0.05) is 0 Å². The Hall–Kier alpha value is -2.54. The number of nitrogens with zero attached hydrogens (tertiary/aromatic N) is 5. The van der Waals surface area contributed by atoms with E-state index in [-0.39, 0.29) is 5.56 Å². The summed E-state index contributed by atoms with van der Waals surface area (Å²) in [6.07, 6.45) is 4.77. The lowest BCUT2D eigenvalue weighted by atomic mass is 10.2. The third kappa shape index (κ3) is 2.08. The minimum absolute atomic E-state index is 0.103. The summed E-state index contributed by atoms with van der Waals surface area (Å²) in [5.74, 6) is 0. The molecule has 0 aromatic carbocycles. The van der Waals surface area contributed by atoms with Crippen LogP contribution in [-0.2, 0) is 20.1 Å². The van der Waals surface area contributed by atoms with Crippen molar-refractivity contribution in [3.8, 4) is 0 Å². The zero-order valence-corrected chi connectivity index (χ0v) is 11.0. The van der Waals surface area contributed by atoms with Gasteiger partial charge in [0.25, 0.3) is 5.56 Å². The molecule has 0 aliphatic heterocycles. The number of aryl methyl sites for hydroxylation is 1. The van der Waals surface area contributed by atoms with Gasteiger partial charge < -0.3 is 5.73 Å². The maximum Gasteiger partial charge on any atom is 0.264 e. The Labute approximate surface area is 114 Å². The first-order chi connectivity index (χ1) is 9.69. The molecule has 0 radical (unpaired) electrons. The van der Waals surface area contributed by atoms with Crippen molar-refractivity contribution in [2.75, 3.05) is 0 Å². The predicted molar refractivity (Wildman–Crippen MR) is 74.0 cm³/mol. The quantitative estimate of drug-likeness (QED) is 0.725. The number of pyridine rings is 1. The Morgan fingerprint density at radius 2 is 2.20 bits per heavy atom. The molecule has 0 amide bonds. The summed E-state index contributed by atoms with van der Waals surface area (Å²) in [6, 6.07) is 3.75. The Bertz CT molecular complexity index is 819. The van der Waals surface area contributed by atoms with Gasteiger partial charge in [-0.25, -0.2) is 4.98 Å². The fraction of sp³-hybridized carbons (Fsp3) is 0.231. The Morgan fingerprint density at radius 3 is 3.00 bits per heavy atom. The number of rotatable bonds is 3. The second-order valence-electron chi connectivity index (χ2n) is 4.54. The molecule has 0 saturated carbocycles. The number of fused-ring (bicyclic) bond motifs is 1. The van der Waals surface area contributed by atoms with Crippen LogP contribution in [0.2, 0.25) is 0 Å². The lowest BCUT2D eigenvalue weighted by molar-refractivity contribution is 0.735. The molecule has 0 aliphatic rings. The monoisotopic (exact) mass is 270 g/mol. The molecule has 0 atom stereocenters. The summed E-state index contributed by atoms with van der Waals surface area (Å²) < 4.78 is 3.14. The van der Waals surface area contributed by atoms with Crippen LogP contribution in [0.1, 0.15) is 11.3 Å². The zero-order chi connectivity index (χ0) is 14.1. The summed E-state index contributed by atoms with van der Waals surface area (Å²) in [5, 5.41) is 4.56. The van der Waals surface area contributed by atoms with Gasteiger partial charge in [0.2, 0.25) is 0 Å². The average molecular weight is 270 g/mol. The average Bonchev–Trinajstić information content (AvgIpc) is 2.84. The fourth-order valence-electron chi connectivity index (χ4n) is 2.11. The topological polar surface area (TPSA) is 91.6 Å². The van der Waals surface area contributed by atoms with Crippen molar-refractivity contribution in [1.82, 2.24) is 24.3 Å². The molecule has 0 fully saturated rings. The van der Waals surface area contributed by atoms with Crippen LogP contribution in [-0.4, -0.2) is 24.3 Å². The molecule has 3 aromatic rings. The summed E-state index contributed by atoms with van der Waals surface area (Å²) in [5.41, 5.74) is 7.81. The SMILES string of the molecule is Cn1ncc2c(=O)n(Cc3ccnc(CN)c3)cnc21. The van der Waals surface area contributed by atoms with Crippen LogP contribution in [0.4, 0.5) is 0 Å². The van der Waals surface area contributed by atoms with Gasteiger partial charge in [0.1, 0.15) is 11.7 Å². The molecule has 0 saturated heterocycles. The van der Waals surface area contributed by atoms with Crippen molar-refractivity contribution in [3.63, 3.8) is 0 Å². The standard InChI is InChI=1S/C13H14N6O/c1-18-12-11(6-17-18)13(20)19(8-16-12)7-9-2-3-15-10(4-9)5-14/h2-4,6,8H,5,7,14H2,1H3. The number of nitrogens with two attached hydrogens (primary N) is 1. The van der Waals surface area contributed by atoms with E-state index in [1.807, 2.05) is 12.1 Å². The molecule has 102 valence electrons. The highest BCUT2D eigenvalue weighted by Crippen LogP contribution is 2.06. The predicted octanol–water partition coefficient (Wildman–Crippen LogP) is 0.0320. The third-order valence-corrected chi connectivity index (χ3v) is 3.16. The first-order valence-electron chi connectivity index (χ1n) is 6.20. The van der Waals surface area contributed by atoms with E-state index in [1.54, 1.807) is 28.7 Å². The van der Waals surface area contributed by atoms with Crippen molar-refractivity contribution in [2.45, 2.75) is 13.1 Å². The Morgan fingerprint density at radius 1 is 1.35 bits per heavy atom. The fourth-order valence-corrected chi connectivity index (χ4v) is 2.11. The smallest absolute Gasteiger partial charge is 0.264 e. The van der Waals surface area contributed by atoms with E-state index in [1.165, 1.54) is 6.33 Å². The Kier molecular flexibility index (Phi) is 3.03. The van der Waals surface area contributed by atoms with Crippen molar-refractivity contribution < 1.29 is 0 Å². The van der Waals surface area contributed by atoms with Crippen molar-refractivity contribution in [3.05, 3.63) is 52.5 Å². The first-order valence-corrected chi connectivity index (χ1v) is 6.20. The molecule has 7 heteroatoms. The van der Waals surface area contributed by atoms with Crippen molar-refractivity contribution in [2.24, 2.45) is 12.8 Å². The van der Waals surface area contributed by atoms with Crippen LogP contribution >= 0.6 is 0 Å².